The normalized spacial score (nSPS) is 14.2. The van der Waals surface area contributed by atoms with Crippen LogP contribution < -0.4 is 37.6 Å². The molecule has 0 aromatic heterocycles. The number of likely N-dealkylation sites (N-methyl/N-ethyl adjacent to an activating group) is 1. The van der Waals surface area contributed by atoms with Gasteiger partial charge in [0.2, 0.25) is 17.7 Å². The molecule has 8 N–H and O–H groups in total. The zero-order valence-electron chi connectivity index (χ0n) is 31.9. The molecule has 2 aromatic rings. The third kappa shape index (κ3) is 19.3. The number of benzene rings is 2. The second-order valence-electron chi connectivity index (χ2n) is 12.8. The number of hydrogen-bond acceptors (Lipinski definition) is 8. The Morgan fingerprint density at radius 1 is 0.923 bits per heavy atom. The molecule has 13 heteroatoms. The van der Waals surface area contributed by atoms with Crippen LogP contribution in [-0.4, -0.2) is 106 Å². The highest BCUT2D eigenvalue weighted by Gasteiger charge is 2.27. The molecule has 1 aliphatic rings. The Bertz CT molecular complexity index is 1280. The summed E-state index contributed by atoms with van der Waals surface area (Å²) < 4.78 is 0. The first kappa shape index (κ1) is 45.7. The lowest BCUT2D eigenvalue weighted by molar-refractivity contribution is -0.134. The number of likely N-dealkylation sites (tertiary alicyclic amines) is 1. The highest BCUT2D eigenvalue weighted by molar-refractivity contribution is 5.89. The van der Waals surface area contributed by atoms with Gasteiger partial charge in [0.05, 0.1) is 19.1 Å². The van der Waals surface area contributed by atoms with E-state index in [0.29, 0.717) is 38.9 Å². The van der Waals surface area contributed by atoms with Gasteiger partial charge >= 0.3 is 6.03 Å². The minimum atomic E-state index is -0.733. The molecule has 1 heterocycles. The van der Waals surface area contributed by atoms with Crippen LogP contribution in [0.1, 0.15) is 76.3 Å². The Balaban J connectivity index is 0.000000501. The van der Waals surface area contributed by atoms with Crippen LogP contribution in [0.15, 0.2) is 60.7 Å². The van der Waals surface area contributed by atoms with Crippen molar-refractivity contribution in [2.45, 2.75) is 89.8 Å². The molecular weight excluding hydrogens is 660 g/mol. The van der Waals surface area contributed by atoms with Crippen molar-refractivity contribution in [2.24, 2.45) is 5.73 Å². The van der Waals surface area contributed by atoms with Gasteiger partial charge in [0, 0.05) is 39.1 Å². The fourth-order valence-corrected chi connectivity index (χ4v) is 5.48. The predicted octanol–water partition coefficient (Wildman–Crippen LogP) is 2.46. The van der Waals surface area contributed by atoms with Gasteiger partial charge in [0.1, 0.15) is 12.3 Å². The van der Waals surface area contributed by atoms with E-state index >= 15 is 0 Å². The molecule has 3 rings (SSSR count). The Kier molecular flexibility index (Phi) is 24.8. The van der Waals surface area contributed by atoms with Crippen LogP contribution in [0.4, 0.5) is 4.79 Å². The lowest BCUT2D eigenvalue weighted by Gasteiger charge is -2.34. The Morgan fingerprint density at radius 2 is 1.54 bits per heavy atom. The van der Waals surface area contributed by atoms with Crippen molar-refractivity contribution >= 4 is 30.0 Å². The van der Waals surface area contributed by atoms with E-state index < -0.39 is 6.04 Å². The van der Waals surface area contributed by atoms with E-state index in [1.807, 2.05) is 60.5 Å². The number of urea groups is 1. The van der Waals surface area contributed by atoms with Gasteiger partial charge in [-0.05, 0) is 56.3 Å². The van der Waals surface area contributed by atoms with Crippen molar-refractivity contribution in [1.82, 2.24) is 36.8 Å². The molecule has 5 amide bonds. The summed E-state index contributed by atoms with van der Waals surface area (Å²) in [4.78, 5) is 60.8. The molecule has 0 bridgehead atoms. The van der Waals surface area contributed by atoms with E-state index in [9.17, 15) is 24.0 Å². The summed E-state index contributed by atoms with van der Waals surface area (Å²) in [6.07, 6.45) is 6.56. The Labute approximate surface area is 311 Å². The molecule has 13 nitrogen and oxygen atoms in total. The minimum Gasteiger partial charge on any atom is -0.348 e. The largest absolute Gasteiger partial charge is 0.348 e. The lowest BCUT2D eigenvalue weighted by Crippen LogP contribution is -2.52. The van der Waals surface area contributed by atoms with Crippen LogP contribution in [0.25, 0.3) is 0 Å². The number of unbranched alkanes of at least 4 members (excludes halogenated alkanes) is 1. The van der Waals surface area contributed by atoms with Crippen LogP contribution in [-0.2, 0) is 25.6 Å². The first-order valence-corrected chi connectivity index (χ1v) is 18.6. The number of nitrogens with one attached hydrogen (secondary N) is 6. The molecule has 52 heavy (non-hydrogen) atoms. The highest BCUT2D eigenvalue weighted by atomic mass is 16.2. The van der Waals surface area contributed by atoms with E-state index in [-0.39, 0.29) is 54.8 Å². The maximum Gasteiger partial charge on any atom is 0.314 e. The number of nitrogens with two attached hydrogens (primary N) is 1. The average molecular weight is 725 g/mol. The zero-order chi connectivity index (χ0) is 38.6. The van der Waals surface area contributed by atoms with Crippen molar-refractivity contribution in [3.05, 3.63) is 71.8 Å². The molecule has 1 aliphatic heterocycles. The maximum atomic E-state index is 12.4. The Hall–Kier alpha value is -4.33. The number of nitrogens with zero attached hydrogens (tertiary/aromatic N) is 1. The molecular formula is C39H64N8O5. The van der Waals surface area contributed by atoms with Crippen LogP contribution >= 0.6 is 0 Å². The smallest absolute Gasteiger partial charge is 0.314 e. The molecule has 2 unspecified atom stereocenters. The number of carbonyl (C=O) groups is 5. The summed E-state index contributed by atoms with van der Waals surface area (Å²) in [7, 11) is 3.43. The van der Waals surface area contributed by atoms with Crippen molar-refractivity contribution < 1.29 is 24.0 Å². The summed E-state index contributed by atoms with van der Waals surface area (Å²) >= 11 is 0. The molecule has 1 saturated heterocycles. The average Bonchev–Trinajstić information content (AvgIpc) is 3.16. The predicted molar refractivity (Wildman–Crippen MR) is 208 cm³/mol. The minimum absolute atomic E-state index is 0.0766. The molecule has 3 atom stereocenters. The third-order valence-electron chi connectivity index (χ3n) is 8.36. The van der Waals surface area contributed by atoms with E-state index in [1.165, 1.54) is 12.0 Å². The number of amides is 5. The van der Waals surface area contributed by atoms with Crippen LogP contribution in [0.2, 0.25) is 0 Å². The van der Waals surface area contributed by atoms with Gasteiger partial charge in [0.15, 0.2) is 0 Å². The zero-order valence-corrected chi connectivity index (χ0v) is 31.9. The van der Waals surface area contributed by atoms with Crippen LogP contribution in [0, 0.1) is 0 Å². The summed E-state index contributed by atoms with van der Waals surface area (Å²) in [5.74, 6) is -0.206. The second kappa shape index (κ2) is 28.3. The molecule has 0 aliphatic carbocycles. The van der Waals surface area contributed by atoms with Gasteiger partial charge in [0.25, 0.3) is 0 Å². The van der Waals surface area contributed by atoms with Gasteiger partial charge in [-0.25, -0.2) is 4.79 Å². The fourth-order valence-electron chi connectivity index (χ4n) is 5.48. The first-order chi connectivity index (χ1) is 25.1. The molecule has 1 fully saturated rings. The maximum absolute atomic E-state index is 12.4. The number of hydrogen-bond donors (Lipinski definition) is 7. The van der Waals surface area contributed by atoms with Crippen molar-refractivity contribution in [1.29, 1.82) is 0 Å². The fraction of sp³-hybridized carbons (Fsp3) is 0.564. The van der Waals surface area contributed by atoms with Gasteiger partial charge in [-0.1, -0.05) is 94.3 Å². The summed E-state index contributed by atoms with van der Waals surface area (Å²) in [5.41, 5.74) is 7.62. The highest BCUT2D eigenvalue weighted by Crippen LogP contribution is 2.14. The van der Waals surface area contributed by atoms with Gasteiger partial charge in [-0.3, -0.25) is 14.4 Å². The number of carbonyl (C=O) groups excluding carboxylic acids is 5. The number of aldehydes is 1. The molecule has 290 valence electrons. The topological polar surface area (TPSA) is 187 Å². The number of piperidine rings is 1. The van der Waals surface area contributed by atoms with Crippen molar-refractivity contribution in [2.75, 3.05) is 53.4 Å². The SMILES string of the molecule is CCC.CNC(=O)NC1CCN(C(=O)C(CCCCN)NC)CC1.C[C@@H](CNCC(=O)NC(Cc1ccccc1)C(=O)NCC=O)c1ccccc1. The summed E-state index contributed by atoms with van der Waals surface area (Å²) in [6, 6.07) is 18.6. The number of rotatable bonds is 18. The van der Waals surface area contributed by atoms with Crippen LogP contribution in [0.3, 0.4) is 0 Å². The van der Waals surface area contributed by atoms with E-state index in [4.69, 9.17) is 5.73 Å². The lowest BCUT2D eigenvalue weighted by atomic mass is 10.0. The van der Waals surface area contributed by atoms with Crippen molar-refractivity contribution in [3.8, 4) is 0 Å². The monoisotopic (exact) mass is 724 g/mol. The quantitative estimate of drug-likeness (QED) is 0.0903. The molecule has 0 saturated carbocycles. The third-order valence-corrected chi connectivity index (χ3v) is 8.36. The molecule has 0 spiro atoms. The van der Waals surface area contributed by atoms with E-state index in [1.54, 1.807) is 7.05 Å². The van der Waals surface area contributed by atoms with Crippen molar-refractivity contribution in [3.63, 3.8) is 0 Å². The van der Waals surface area contributed by atoms with Gasteiger partial charge in [-0.15, -0.1) is 0 Å². The van der Waals surface area contributed by atoms with E-state index in [0.717, 1.165) is 37.7 Å². The summed E-state index contributed by atoms with van der Waals surface area (Å²) in [6.45, 7) is 9.09. The molecule has 2 aromatic carbocycles. The second-order valence-corrected chi connectivity index (χ2v) is 12.8. The van der Waals surface area contributed by atoms with E-state index in [2.05, 4.69) is 64.8 Å². The first-order valence-electron chi connectivity index (χ1n) is 18.6. The van der Waals surface area contributed by atoms with Gasteiger partial charge < -0.3 is 47.3 Å². The van der Waals surface area contributed by atoms with Gasteiger partial charge in [-0.2, -0.15) is 0 Å². The van der Waals surface area contributed by atoms with Crippen LogP contribution in [0.5, 0.6) is 0 Å². The Morgan fingerprint density at radius 3 is 2.10 bits per heavy atom. The molecule has 0 radical (unpaired) electrons. The standard InChI is InChI=1S/C22H27N3O3.C14H29N5O2.C3H8/c1-17(19-10-6-3-7-11-19)15-23-16-21(27)25-20(22(28)24-12-13-26)14-18-8-4-2-5-9-18;1-16-12(5-3-4-8-15)13(20)19-9-6-11(7-10-19)18-14(21)17-2;1-3-2/h2-11,13,17,20,23H,12,14-16H2,1H3,(H,24,28)(H,25,27);11-12,16H,3-10,15H2,1-2H3,(H2,17,18,21);3H2,1-2H3/t17-,20?;;/m0../s1. The summed E-state index contributed by atoms with van der Waals surface area (Å²) in [5, 5.41) is 17.0.